The second-order valence-electron chi connectivity index (χ2n) is 10.4. The first kappa shape index (κ1) is 30.2. The highest BCUT2D eigenvalue weighted by atomic mass is 32.2. The minimum Gasteiger partial charge on any atom is -0.352 e. The molecule has 0 aromatic heterocycles. The molecule has 41 heavy (non-hydrogen) atoms. The highest BCUT2D eigenvalue weighted by Gasteiger charge is 2.33. The Balaban J connectivity index is 1.68. The molecule has 1 aliphatic carbocycles. The number of carbonyl (C=O) groups is 2. The predicted molar refractivity (Wildman–Crippen MR) is 154 cm³/mol. The van der Waals surface area contributed by atoms with Gasteiger partial charge in [-0.15, -0.1) is 0 Å². The van der Waals surface area contributed by atoms with Crippen molar-refractivity contribution in [3.8, 4) is 0 Å². The monoisotopic (exact) mass is 583 g/mol. The molecule has 7 nitrogen and oxygen atoms in total. The Labute approximate surface area is 240 Å². The number of hydrogen-bond donors (Lipinski definition) is 1. The van der Waals surface area contributed by atoms with E-state index in [9.17, 15) is 26.8 Å². The topological polar surface area (TPSA) is 86.8 Å². The predicted octanol–water partition coefficient (Wildman–Crippen LogP) is 5.33. The van der Waals surface area contributed by atoms with Gasteiger partial charge in [-0.05, 0) is 69.2 Å². The van der Waals surface area contributed by atoms with Crippen molar-refractivity contribution in [3.05, 3.63) is 95.6 Å². The van der Waals surface area contributed by atoms with Crippen LogP contribution >= 0.6 is 0 Å². The summed E-state index contributed by atoms with van der Waals surface area (Å²) in [6.07, 6.45) is 4.80. The van der Waals surface area contributed by atoms with E-state index in [1.807, 2.05) is 6.92 Å². The Hall–Kier alpha value is -3.79. The minimum absolute atomic E-state index is 0.00739. The van der Waals surface area contributed by atoms with E-state index in [-0.39, 0.29) is 34.6 Å². The van der Waals surface area contributed by atoms with E-state index >= 15 is 0 Å². The van der Waals surface area contributed by atoms with Gasteiger partial charge in [-0.1, -0.05) is 55.2 Å². The van der Waals surface area contributed by atoms with Crippen LogP contribution in [0.4, 0.5) is 14.5 Å². The Morgan fingerprint density at radius 3 is 2.20 bits per heavy atom. The number of halogens is 2. The lowest BCUT2D eigenvalue weighted by Gasteiger charge is -2.33. The van der Waals surface area contributed by atoms with E-state index in [4.69, 9.17) is 0 Å². The summed E-state index contributed by atoms with van der Waals surface area (Å²) in [7, 11) is -4.32. The Kier molecular flexibility index (Phi) is 9.75. The first-order valence-electron chi connectivity index (χ1n) is 13.7. The maximum Gasteiger partial charge on any atom is 0.264 e. The molecule has 10 heteroatoms. The summed E-state index contributed by atoms with van der Waals surface area (Å²) >= 11 is 0. The van der Waals surface area contributed by atoms with Gasteiger partial charge in [0.2, 0.25) is 11.8 Å². The molecule has 0 aliphatic heterocycles. The fourth-order valence-corrected chi connectivity index (χ4v) is 6.35. The zero-order valence-electron chi connectivity index (χ0n) is 23.2. The highest BCUT2D eigenvalue weighted by Crippen LogP contribution is 2.26. The van der Waals surface area contributed by atoms with Gasteiger partial charge in [-0.2, -0.15) is 0 Å². The molecule has 1 N–H and O–H groups in total. The van der Waals surface area contributed by atoms with E-state index in [2.05, 4.69) is 5.32 Å². The van der Waals surface area contributed by atoms with Crippen LogP contribution in [0.15, 0.2) is 77.7 Å². The molecule has 4 rings (SSSR count). The van der Waals surface area contributed by atoms with Crippen molar-refractivity contribution >= 4 is 27.5 Å². The number of sulfonamides is 1. The molecule has 0 radical (unpaired) electrons. The summed E-state index contributed by atoms with van der Waals surface area (Å²) in [5, 5.41) is 3.01. The van der Waals surface area contributed by atoms with E-state index in [0.717, 1.165) is 66.2 Å². The van der Waals surface area contributed by atoms with Gasteiger partial charge in [0, 0.05) is 18.2 Å². The molecule has 0 heterocycles. The second kappa shape index (κ2) is 13.2. The highest BCUT2D eigenvalue weighted by molar-refractivity contribution is 7.92. The SMILES string of the molecule is Cc1ccc(N(CC(=O)N(Cc2ccccc2F)[C@@H](C)C(=O)NC2CCCCC2)S(=O)(=O)c2ccc(F)cc2)cc1. The van der Waals surface area contributed by atoms with Gasteiger partial charge in [-0.3, -0.25) is 13.9 Å². The lowest BCUT2D eigenvalue weighted by atomic mass is 9.95. The average molecular weight is 584 g/mol. The van der Waals surface area contributed by atoms with E-state index in [1.165, 1.54) is 23.1 Å². The molecule has 0 spiro atoms. The minimum atomic E-state index is -4.32. The van der Waals surface area contributed by atoms with E-state index in [1.54, 1.807) is 37.3 Å². The first-order valence-corrected chi connectivity index (χ1v) is 15.2. The molecule has 0 bridgehead atoms. The van der Waals surface area contributed by atoms with Crippen molar-refractivity contribution in [2.45, 2.75) is 69.5 Å². The molecule has 3 aromatic carbocycles. The molecule has 3 aromatic rings. The number of aryl methyl sites for hydroxylation is 1. The van der Waals surface area contributed by atoms with Crippen LogP contribution in [0.2, 0.25) is 0 Å². The van der Waals surface area contributed by atoms with Crippen LogP contribution in [0, 0.1) is 18.6 Å². The third-order valence-corrected chi connectivity index (χ3v) is 9.21. The van der Waals surface area contributed by atoms with Gasteiger partial charge in [0.05, 0.1) is 10.6 Å². The molecule has 218 valence electrons. The molecule has 0 unspecified atom stereocenters. The summed E-state index contributed by atoms with van der Waals surface area (Å²) < 4.78 is 56.7. The summed E-state index contributed by atoms with van der Waals surface area (Å²) in [6, 6.07) is 15.8. The summed E-state index contributed by atoms with van der Waals surface area (Å²) in [6.45, 7) is 2.51. The van der Waals surface area contributed by atoms with Gasteiger partial charge >= 0.3 is 0 Å². The number of anilines is 1. The normalized spacial score (nSPS) is 14.7. The largest absolute Gasteiger partial charge is 0.352 e. The third kappa shape index (κ3) is 7.49. The zero-order chi connectivity index (χ0) is 29.6. The van der Waals surface area contributed by atoms with Crippen molar-refractivity contribution in [2.75, 3.05) is 10.8 Å². The Morgan fingerprint density at radius 1 is 0.927 bits per heavy atom. The van der Waals surface area contributed by atoms with Crippen LogP contribution < -0.4 is 9.62 Å². The number of nitrogens with zero attached hydrogens (tertiary/aromatic N) is 2. The average Bonchev–Trinajstić information content (AvgIpc) is 2.96. The summed E-state index contributed by atoms with van der Waals surface area (Å²) in [4.78, 5) is 28.3. The Morgan fingerprint density at radius 2 is 1.56 bits per heavy atom. The number of benzene rings is 3. The van der Waals surface area contributed by atoms with Crippen molar-refractivity contribution < 1.29 is 26.8 Å². The van der Waals surface area contributed by atoms with Crippen molar-refractivity contribution in [1.29, 1.82) is 0 Å². The van der Waals surface area contributed by atoms with Gasteiger partial charge in [0.1, 0.15) is 24.2 Å². The Bertz CT molecular complexity index is 1460. The second-order valence-corrected chi connectivity index (χ2v) is 12.3. The molecule has 2 amide bonds. The standard InChI is InChI=1S/C31H35F2N3O4S/c1-22-12-16-27(17-13-22)36(41(39,40)28-18-14-25(32)15-19-28)21-30(37)35(20-24-8-6-7-11-29(24)33)23(2)31(38)34-26-9-4-3-5-10-26/h6-8,11-19,23,26H,3-5,9-10,20-21H2,1-2H3,(H,34,38)/t23-/m0/s1. The first-order chi connectivity index (χ1) is 19.6. The van der Waals surface area contributed by atoms with Crippen LogP contribution in [-0.4, -0.2) is 43.8 Å². The van der Waals surface area contributed by atoms with E-state index < -0.39 is 40.2 Å². The summed E-state index contributed by atoms with van der Waals surface area (Å²) in [5.41, 5.74) is 1.30. The molecule has 1 aliphatic rings. The fraction of sp³-hybridized carbons (Fsp3) is 0.355. The summed E-state index contributed by atoms with van der Waals surface area (Å²) in [5.74, 6) is -2.22. The van der Waals surface area contributed by atoms with Gasteiger partial charge in [-0.25, -0.2) is 17.2 Å². The maximum absolute atomic E-state index is 14.7. The number of rotatable bonds is 10. The lowest BCUT2D eigenvalue weighted by molar-refractivity contribution is -0.139. The molecule has 1 saturated carbocycles. The molecular weight excluding hydrogens is 548 g/mol. The molecule has 1 atom stereocenters. The van der Waals surface area contributed by atoms with Crippen LogP contribution in [0.5, 0.6) is 0 Å². The van der Waals surface area contributed by atoms with Gasteiger partial charge in [0.25, 0.3) is 10.0 Å². The van der Waals surface area contributed by atoms with Crippen LogP contribution in [-0.2, 0) is 26.2 Å². The van der Waals surface area contributed by atoms with Crippen LogP contribution in [0.1, 0.15) is 50.2 Å². The number of hydrogen-bond acceptors (Lipinski definition) is 4. The van der Waals surface area contributed by atoms with Crippen LogP contribution in [0.3, 0.4) is 0 Å². The molecule has 0 saturated heterocycles. The van der Waals surface area contributed by atoms with Crippen molar-refractivity contribution in [1.82, 2.24) is 10.2 Å². The number of carbonyl (C=O) groups excluding carboxylic acids is 2. The quantitative estimate of drug-likeness (QED) is 0.349. The van der Waals surface area contributed by atoms with Gasteiger partial charge < -0.3 is 10.2 Å². The van der Waals surface area contributed by atoms with Crippen molar-refractivity contribution in [2.24, 2.45) is 0 Å². The van der Waals surface area contributed by atoms with Crippen molar-refractivity contribution in [3.63, 3.8) is 0 Å². The fourth-order valence-electron chi connectivity index (χ4n) is 4.94. The third-order valence-electron chi connectivity index (χ3n) is 7.42. The van der Waals surface area contributed by atoms with Gasteiger partial charge in [0.15, 0.2) is 0 Å². The smallest absolute Gasteiger partial charge is 0.264 e. The molecule has 1 fully saturated rings. The zero-order valence-corrected chi connectivity index (χ0v) is 24.0. The number of amides is 2. The van der Waals surface area contributed by atoms with Crippen LogP contribution in [0.25, 0.3) is 0 Å². The maximum atomic E-state index is 14.7. The lowest BCUT2D eigenvalue weighted by Crippen LogP contribution is -2.53. The molecular formula is C31H35F2N3O4S. The van der Waals surface area contributed by atoms with E-state index in [0.29, 0.717) is 0 Å². The number of nitrogens with one attached hydrogen (secondary N) is 1.